The van der Waals surface area contributed by atoms with E-state index in [1.165, 1.54) is 0 Å². The van der Waals surface area contributed by atoms with Crippen molar-refractivity contribution >= 4 is 18.2 Å². The van der Waals surface area contributed by atoms with Crippen LogP contribution in [0.5, 0.6) is 5.88 Å². The maximum atomic E-state index is 10.4. The molecule has 2 heterocycles. The minimum Gasteiger partial charge on any atom is -0.493 e. The minimum absolute atomic E-state index is 0.0468. The maximum absolute atomic E-state index is 10.4. The van der Waals surface area contributed by atoms with Gasteiger partial charge in [0.1, 0.15) is 5.69 Å². The van der Waals surface area contributed by atoms with Crippen LogP contribution in [0.3, 0.4) is 0 Å². The molecule has 2 aromatic carbocycles. The fraction of sp³-hybridized carbons (Fsp3) is 0.150. The summed E-state index contributed by atoms with van der Waals surface area (Å²) in [5, 5.41) is 33.4. The zero-order chi connectivity index (χ0) is 18.8. The molecule has 136 valence electrons. The summed E-state index contributed by atoms with van der Waals surface area (Å²) in [6.07, 6.45) is 2.82. The topological polar surface area (TPSA) is 95.0 Å². The number of aromatic hydroxyl groups is 1. The van der Waals surface area contributed by atoms with Gasteiger partial charge in [-0.15, -0.1) is 0 Å². The average Bonchev–Trinajstić information content (AvgIpc) is 3.26. The van der Waals surface area contributed by atoms with Crippen molar-refractivity contribution in [2.75, 3.05) is 11.9 Å². The van der Waals surface area contributed by atoms with E-state index >= 15 is 0 Å². The molecule has 0 fully saturated rings. The van der Waals surface area contributed by atoms with E-state index in [9.17, 15) is 10.2 Å². The van der Waals surface area contributed by atoms with Gasteiger partial charge in [0.05, 0.1) is 17.7 Å². The van der Waals surface area contributed by atoms with Crippen molar-refractivity contribution in [3.63, 3.8) is 0 Å². The molecule has 3 aromatic rings. The molecule has 0 radical (unpaired) electrons. The summed E-state index contributed by atoms with van der Waals surface area (Å²) in [7, 11) is 1.71. The minimum atomic E-state index is -0.669. The van der Waals surface area contributed by atoms with Crippen molar-refractivity contribution < 1.29 is 10.2 Å². The SMILES string of the molecule is Cn1c(NCC(O)c2ccccc2)nc(C=c2ccc3c(c2)C=NN=3)c1O. The van der Waals surface area contributed by atoms with Crippen LogP contribution in [-0.4, -0.2) is 32.5 Å². The molecule has 27 heavy (non-hydrogen) atoms. The molecule has 0 aliphatic carbocycles. The first-order valence-corrected chi connectivity index (χ1v) is 8.57. The van der Waals surface area contributed by atoms with E-state index in [1.54, 1.807) is 23.9 Å². The van der Waals surface area contributed by atoms with Crippen molar-refractivity contribution in [2.45, 2.75) is 6.10 Å². The smallest absolute Gasteiger partial charge is 0.220 e. The lowest BCUT2D eigenvalue weighted by Gasteiger charge is -2.12. The van der Waals surface area contributed by atoms with Gasteiger partial charge < -0.3 is 15.5 Å². The van der Waals surface area contributed by atoms with Crippen LogP contribution in [0.25, 0.3) is 6.08 Å². The average molecular weight is 361 g/mol. The number of aliphatic hydroxyl groups is 1. The highest BCUT2D eigenvalue weighted by Gasteiger charge is 2.14. The molecular formula is C20H19N5O2. The van der Waals surface area contributed by atoms with Crippen molar-refractivity contribution in [3.05, 3.63) is 75.9 Å². The maximum Gasteiger partial charge on any atom is 0.220 e. The van der Waals surface area contributed by atoms with Crippen LogP contribution in [0.1, 0.15) is 22.9 Å². The van der Waals surface area contributed by atoms with Gasteiger partial charge >= 0.3 is 0 Å². The van der Waals surface area contributed by atoms with Gasteiger partial charge in [-0.25, -0.2) is 4.98 Å². The summed E-state index contributed by atoms with van der Waals surface area (Å²) in [5.74, 6) is 0.525. The van der Waals surface area contributed by atoms with E-state index < -0.39 is 6.10 Å². The number of hydrogen-bond acceptors (Lipinski definition) is 6. The number of rotatable bonds is 5. The van der Waals surface area contributed by atoms with E-state index in [-0.39, 0.29) is 12.4 Å². The Hall–Kier alpha value is -3.45. The summed E-state index contributed by atoms with van der Waals surface area (Å²) in [4.78, 5) is 4.44. The van der Waals surface area contributed by atoms with Crippen molar-refractivity contribution in [3.8, 4) is 5.88 Å². The number of benzene rings is 2. The van der Waals surface area contributed by atoms with Crippen LogP contribution in [0.2, 0.25) is 0 Å². The van der Waals surface area contributed by atoms with E-state index in [0.29, 0.717) is 11.6 Å². The molecule has 1 atom stereocenters. The molecule has 7 heteroatoms. The number of imidazole rings is 1. The second-order valence-electron chi connectivity index (χ2n) is 6.32. The van der Waals surface area contributed by atoms with Gasteiger partial charge in [0.25, 0.3) is 0 Å². The van der Waals surface area contributed by atoms with Crippen LogP contribution < -0.4 is 15.9 Å². The highest BCUT2D eigenvalue weighted by Crippen LogP contribution is 2.22. The Morgan fingerprint density at radius 2 is 2.00 bits per heavy atom. The summed E-state index contributed by atoms with van der Waals surface area (Å²) in [6.45, 7) is 0.282. The number of nitrogens with zero attached hydrogens (tertiary/aromatic N) is 4. The highest BCUT2D eigenvalue weighted by molar-refractivity contribution is 5.80. The molecule has 1 aliphatic heterocycles. The Bertz CT molecular complexity index is 1120. The Labute approximate surface area is 155 Å². The molecule has 0 saturated heterocycles. The number of fused-ring (bicyclic) bond motifs is 1. The molecule has 0 bridgehead atoms. The number of aliphatic hydroxyl groups excluding tert-OH is 1. The number of nitrogens with one attached hydrogen (secondary N) is 1. The monoisotopic (exact) mass is 361 g/mol. The fourth-order valence-corrected chi connectivity index (χ4v) is 2.92. The van der Waals surface area contributed by atoms with Gasteiger partial charge in [0, 0.05) is 19.2 Å². The van der Waals surface area contributed by atoms with Crippen LogP contribution in [0, 0.1) is 0 Å². The summed E-state index contributed by atoms with van der Waals surface area (Å²) in [5.41, 5.74) is 2.20. The third kappa shape index (κ3) is 3.45. The van der Waals surface area contributed by atoms with Gasteiger partial charge in [-0.3, -0.25) is 4.57 Å². The normalized spacial score (nSPS) is 14.1. The summed E-state index contributed by atoms with van der Waals surface area (Å²) >= 11 is 0. The fourth-order valence-electron chi connectivity index (χ4n) is 2.92. The summed E-state index contributed by atoms with van der Waals surface area (Å²) < 4.78 is 1.55. The van der Waals surface area contributed by atoms with Gasteiger partial charge in [-0.05, 0) is 29.0 Å². The van der Waals surface area contributed by atoms with E-state index in [0.717, 1.165) is 21.7 Å². The van der Waals surface area contributed by atoms with Crippen molar-refractivity contribution in [2.24, 2.45) is 17.3 Å². The lowest BCUT2D eigenvalue weighted by molar-refractivity contribution is 0.191. The Morgan fingerprint density at radius 1 is 1.19 bits per heavy atom. The lowest BCUT2D eigenvalue weighted by Crippen LogP contribution is -2.14. The first-order valence-electron chi connectivity index (χ1n) is 8.57. The second-order valence-corrected chi connectivity index (χ2v) is 6.32. The second kappa shape index (κ2) is 7.05. The largest absolute Gasteiger partial charge is 0.493 e. The standard InChI is InChI=1S/C20H19N5O2/c1-25-19(27)17(10-13-7-8-16-15(9-13)11-22-24-16)23-20(25)21-12-18(26)14-5-3-2-4-6-14/h2-11,18,26-27H,12H2,1H3,(H,21,23). The molecule has 0 saturated carbocycles. The molecule has 1 unspecified atom stereocenters. The van der Waals surface area contributed by atoms with Gasteiger partial charge in [0.2, 0.25) is 11.8 Å². The molecule has 0 amide bonds. The zero-order valence-electron chi connectivity index (χ0n) is 14.7. The Morgan fingerprint density at radius 3 is 2.81 bits per heavy atom. The molecule has 0 spiro atoms. The number of anilines is 1. The van der Waals surface area contributed by atoms with Crippen LogP contribution in [0.4, 0.5) is 5.95 Å². The molecule has 1 aromatic heterocycles. The quantitative estimate of drug-likeness (QED) is 0.633. The van der Waals surface area contributed by atoms with Gasteiger partial charge in [0.15, 0.2) is 0 Å². The van der Waals surface area contributed by atoms with Gasteiger partial charge in [-0.2, -0.15) is 10.2 Å². The van der Waals surface area contributed by atoms with Gasteiger partial charge in [-0.1, -0.05) is 36.4 Å². The first-order chi connectivity index (χ1) is 13.1. The van der Waals surface area contributed by atoms with Crippen LogP contribution >= 0.6 is 0 Å². The van der Waals surface area contributed by atoms with Crippen LogP contribution in [0.15, 0.2) is 58.7 Å². The molecule has 4 rings (SSSR count). The Balaban J connectivity index is 1.56. The van der Waals surface area contributed by atoms with E-state index in [1.807, 2.05) is 48.5 Å². The Kier molecular flexibility index (Phi) is 4.43. The molecule has 1 aliphatic rings. The third-order valence-corrected chi connectivity index (χ3v) is 4.45. The van der Waals surface area contributed by atoms with E-state index in [4.69, 9.17) is 0 Å². The molecular weight excluding hydrogens is 342 g/mol. The number of hydrogen-bond donors (Lipinski definition) is 3. The van der Waals surface area contributed by atoms with Crippen molar-refractivity contribution in [1.82, 2.24) is 9.55 Å². The predicted molar refractivity (Wildman–Crippen MR) is 103 cm³/mol. The van der Waals surface area contributed by atoms with Crippen LogP contribution in [-0.2, 0) is 7.05 Å². The lowest BCUT2D eigenvalue weighted by atomic mass is 10.1. The summed E-state index contributed by atoms with van der Waals surface area (Å²) in [6, 6.07) is 15.1. The third-order valence-electron chi connectivity index (χ3n) is 4.45. The molecule has 7 nitrogen and oxygen atoms in total. The van der Waals surface area contributed by atoms with Crippen molar-refractivity contribution in [1.29, 1.82) is 0 Å². The molecule has 3 N–H and O–H groups in total. The predicted octanol–water partition coefficient (Wildman–Crippen LogP) is 1.07. The highest BCUT2D eigenvalue weighted by atomic mass is 16.3. The first kappa shape index (κ1) is 17.0. The van der Waals surface area contributed by atoms with E-state index in [2.05, 4.69) is 20.5 Å². The number of aromatic nitrogens is 2. The zero-order valence-corrected chi connectivity index (χ0v) is 14.7.